The number of hydrogen-bond acceptors (Lipinski definition) is 3. The van der Waals surface area contributed by atoms with Gasteiger partial charge in [0, 0.05) is 5.69 Å². The largest absolute Gasteiger partial charge is 0.411 e. The molecular weight excluding hydrogens is 249 g/mol. The molecule has 1 aromatic rings. The zero-order chi connectivity index (χ0) is 13.8. The molecule has 0 aliphatic rings. The molecule has 0 fully saturated rings. The van der Waals surface area contributed by atoms with Crippen LogP contribution in [0.15, 0.2) is 23.4 Å². The fourth-order valence-corrected chi connectivity index (χ4v) is 1.41. The highest BCUT2D eigenvalue weighted by Crippen LogP contribution is 2.21. The molecule has 1 rings (SSSR count). The van der Waals surface area contributed by atoms with E-state index in [1.807, 2.05) is 0 Å². The van der Waals surface area contributed by atoms with E-state index >= 15 is 0 Å². The van der Waals surface area contributed by atoms with Gasteiger partial charge in [0.25, 0.3) is 0 Å². The molecule has 1 aromatic carbocycles. The number of oxime groups is 1. The van der Waals surface area contributed by atoms with E-state index in [0.29, 0.717) is 5.56 Å². The molecule has 0 bridgehead atoms. The molecule has 2 N–H and O–H groups in total. The Hall–Kier alpha value is -2.05. The van der Waals surface area contributed by atoms with Crippen molar-refractivity contribution in [3.05, 3.63) is 29.3 Å². The maximum atomic E-state index is 12.0. The van der Waals surface area contributed by atoms with Gasteiger partial charge in [-0.3, -0.25) is 4.79 Å². The van der Waals surface area contributed by atoms with Gasteiger partial charge < -0.3 is 10.5 Å². The van der Waals surface area contributed by atoms with Crippen LogP contribution in [0, 0.1) is 6.92 Å². The van der Waals surface area contributed by atoms with Crippen LogP contribution < -0.4 is 5.32 Å². The monoisotopic (exact) mass is 260 g/mol. The maximum Gasteiger partial charge on any atom is 0.397 e. The zero-order valence-electron chi connectivity index (χ0n) is 9.45. The molecule has 0 spiro atoms. The summed E-state index contributed by atoms with van der Waals surface area (Å²) in [6, 6.07) is 4.57. The lowest BCUT2D eigenvalue weighted by Gasteiger charge is -2.09. The highest BCUT2D eigenvalue weighted by atomic mass is 19.4. The Balaban J connectivity index is 2.81. The van der Waals surface area contributed by atoms with Gasteiger partial charge in [0.15, 0.2) is 0 Å². The van der Waals surface area contributed by atoms with Crippen molar-refractivity contribution in [2.75, 3.05) is 5.32 Å². The van der Waals surface area contributed by atoms with E-state index in [4.69, 9.17) is 5.21 Å². The first-order chi connectivity index (χ1) is 8.30. The van der Waals surface area contributed by atoms with Crippen molar-refractivity contribution >= 4 is 17.8 Å². The van der Waals surface area contributed by atoms with Gasteiger partial charge in [-0.15, -0.1) is 0 Å². The molecule has 98 valence electrons. The molecule has 7 heteroatoms. The number of amides is 1. The van der Waals surface area contributed by atoms with Crippen molar-refractivity contribution in [1.82, 2.24) is 0 Å². The van der Waals surface area contributed by atoms with Gasteiger partial charge in [-0.1, -0.05) is 11.2 Å². The second kappa shape index (κ2) is 5.52. The van der Waals surface area contributed by atoms with Crippen molar-refractivity contribution < 1.29 is 23.2 Å². The Morgan fingerprint density at radius 1 is 1.44 bits per heavy atom. The van der Waals surface area contributed by atoms with Crippen LogP contribution in [0.3, 0.4) is 0 Å². The number of hydrogen-bond donors (Lipinski definition) is 2. The lowest BCUT2D eigenvalue weighted by molar-refractivity contribution is -0.150. The molecule has 0 aromatic heterocycles. The number of rotatable bonds is 3. The zero-order valence-corrected chi connectivity index (χ0v) is 9.45. The number of anilines is 1. The van der Waals surface area contributed by atoms with Crippen LogP contribution in [0.2, 0.25) is 0 Å². The minimum atomic E-state index is -4.54. The van der Waals surface area contributed by atoms with E-state index in [0.717, 1.165) is 11.8 Å². The predicted octanol–water partition coefficient (Wildman–Crippen LogP) is 2.69. The summed E-state index contributed by atoms with van der Waals surface area (Å²) < 4.78 is 35.9. The standard InChI is InChI=1S/C11H11F3N2O2/c1-7-2-8(6-15-18)4-9(3-7)16-10(17)5-11(12,13)14/h2-4,6,18H,5H2,1H3,(H,16,17)/b15-6+. The Kier molecular flexibility index (Phi) is 4.30. The number of aryl methyl sites for hydroxylation is 1. The minimum Gasteiger partial charge on any atom is -0.411 e. The molecule has 0 radical (unpaired) electrons. The smallest absolute Gasteiger partial charge is 0.397 e. The lowest BCUT2D eigenvalue weighted by Crippen LogP contribution is -2.21. The second-order valence-corrected chi connectivity index (χ2v) is 3.72. The molecule has 0 heterocycles. The van der Waals surface area contributed by atoms with Crippen molar-refractivity contribution in [3.8, 4) is 0 Å². The fraction of sp³-hybridized carbons (Fsp3) is 0.273. The molecule has 1 amide bonds. The van der Waals surface area contributed by atoms with Gasteiger partial charge in [-0.25, -0.2) is 0 Å². The number of alkyl halides is 3. The predicted molar refractivity (Wildman–Crippen MR) is 59.9 cm³/mol. The third-order valence-corrected chi connectivity index (χ3v) is 1.95. The van der Waals surface area contributed by atoms with Gasteiger partial charge in [-0.2, -0.15) is 13.2 Å². The first-order valence-corrected chi connectivity index (χ1v) is 4.96. The summed E-state index contributed by atoms with van der Waals surface area (Å²) >= 11 is 0. The van der Waals surface area contributed by atoms with Crippen molar-refractivity contribution in [3.63, 3.8) is 0 Å². The van der Waals surface area contributed by atoms with E-state index in [9.17, 15) is 18.0 Å². The summed E-state index contributed by atoms with van der Waals surface area (Å²) in [5.41, 5.74) is 1.41. The number of carbonyl (C=O) groups excluding carboxylic acids is 1. The summed E-state index contributed by atoms with van der Waals surface area (Å²) in [5, 5.41) is 13.3. The third-order valence-electron chi connectivity index (χ3n) is 1.95. The molecule has 4 nitrogen and oxygen atoms in total. The first kappa shape index (κ1) is 14.0. The van der Waals surface area contributed by atoms with Gasteiger partial charge in [-0.05, 0) is 30.2 Å². The quantitative estimate of drug-likeness (QED) is 0.498. The van der Waals surface area contributed by atoms with Crippen LogP contribution in [0.1, 0.15) is 17.5 Å². The fourth-order valence-electron chi connectivity index (χ4n) is 1.41. The molecule has 0 saturated heterocycles. The molecule has 0 saturated carbocycles. The second-order valence-electron chi connectivity index (χ2n) is 3.72. The molecule has 0 aliphatic carbocycles. The maximum absolute atomic E-state index is 12.0. The van der Waals surface area contributed by atoms with E-state index in [1.165, 1.54) is 12.1 Å². The third kappa shape index (κ3) is 4.86. The summed E-state index contributed by atoms with van der Waals surface area (Å²) in [6.45, 7) is 1.70. The Morgan fingerprint density at radius 2 is 2.11 bits per heavy atom. The summed E-state index contributed by atoms with van der Waals surface area (Å²) in [6.07, 6.45) is -4.96. The van der Waals surface area contributed by atoms with Gasteiger partial charge in [0.1, 0.15) is 6.42 Å². The minimum absolute atomic E-state index is 0.221. The Labute approximate surface area is 101 Å². The number of carbonyl (C=O) groups is 1. The van der Waals surface area contributed by atoms with Gasteiger partial charge in [0.05, 0.1) is 6.21 Å². The van der Waals surface area contributed by atoms with E-state index in [2.05, 4.69) is 10.5 Å². The Bertz CT molecular complexity index is 470. The normalized spacial score (nSPS) is 11.8. The summed E-state index contributed by atoms with van der Waals surface area (Å²) in [7, 11) is 0. The van der Waals surface area contributed by atoms with Crippen LogP contribution in [0.5, 0.6) is 0 Å². The SMILES string of the molecule is Cc1cc(/C=N/O)cc(NC(=O)CC(F)(F)F)c1. The van der Waals surface area contributed by atoms with Crippen molar-refractivity contribution in [2.45, 2.75) is 19.5 Å². The lowest BCUT2D eigenvalue weighted by atomic mass is 10.1. The number of benzene rings is 1. The van der Waals surface area contributed by atoms with Crippen LogP contribution in [-0.4, -0.2) is 23.5 Å². The Morgan fingerprint density at radius 3 is 2.67 bits per heavy atom. The van der Waals surface area contributed by atoms with E-state index in [-0.39, 0.29) is 5.69 Å². The molecule has 0 aliphatic heterocycles. The van der Waals surface area contributed by atoms with Crippen molar-refractivity contribution in [1.29, 1.82) is 0 Å². The molecule has 0 atom stereocenters. The number of nitrogens with zero attached hydrogens (tertiary/aromatic N) is 1. The molecular formula is C11H11F3N2O2. The first-order valence-electron chi connectivity index (χ1n) is 4.96. The molecule has 18 heavy (non-hydrogen) atoms. The van der Waals surface area contributed by atoms with Crippen molar-refractivity contribution in [2.24, 2.45) is 5.16 Å². The average Bonchev–Trinajstić information content (AvgIpc) is 2.12. The topological polar surface area (TPSA) is 61.7 Å². The summed E-state index contributed by atoms with van der Waals surface area (Å²) in [4.78, 5) is 11.1. The number of halogens is 3. The average molecular weight is 260 g/mol. The highest BCUT2D eigenvalue weighted by Gasteiger charge is 2.31. The van der Waals surface area contributed by atoms with Gasteiger partial charge in [0.2, 0.25) is 5.91 Å². The number of nitrogens with one attached hydrogen (secondary N) is 1. The summed E-state index contributed by atoms with van der Waals surface area (Å²) in [5.74, 6) is -1.14. The van der Waals surface area contributed by atoms with E-state index in [1.54, 1.807) is 13.0 Å². The highest BCUT2D eigenvalue weighted by molar-refractivity contribution is 5.92. The van der Waals surface area contributed by atoms with Crippen LogP contribution >= 0.6 is 0 Å². The van der Waals surface area contributed by atoms with E-state index < -0.39 is 18.5 Å². The van der Waals surface area contributed by atoms with Gasteiger partial charge >= 0.3 is 6.18 Å². The van der Waals surface area contributed by atoms with Crippen LogP contribution in [0.4, 0.5) is 18.9 Å². The van der Waals surface area contributed by atoms with Crippen LogP contribution in [-0.2, 0) is 4.79 Å². The van der Waals surface area contributed by atoms with Crippen LogP contribution in [0.25, 0.3) is 0 Å². The molecule has 0 unspecified atom stereocenters.